The number of aliphatic carboxylic acids is 1. The van der Waals surface area contributed by atoms with E-state index in [-0.39, 0.29) is 12.6 Å². The van der Waals surface area contributed by atoms with Crippen molar-refractivity contribution in [3.8, 4) is 0 Å². The quantitative estimate of drug-likeness (QED) is 0.686. The molecule has 1 aliphatic rings. The normalized spacial score (nSPS) is 14.8. The van der Waals surface area contributed by atoms with Gasteiger partial charge >= 0.3 is 12.0 Å². The fourth-order valence-electron chi connectivity index (χ4n) is 1.70. The van der Waals surface area contributed by atoms with E-state index >= 15 is 0 Å². The van der Waals surface area contributed by atoms with Crippen molar-refractivity contribution in [1.29, 1.82) is 0 Å². The van der Waals surface area contributed by atoms with Gasteiger partial charge in [-0.2, -0.15) is 0 Å². The van der Waals surface area contributed by atoms with Gasteiger partial charge in [-0.05, 0) is 39.7 Å². The molecule has 0 unspecified atom stereocenters. The van der Waals surface area contributed by atoms with Crippen molar-refractivity contribution in [2.24, 2.45) is 5.92 Å². The predicted octanol–water partition coefficient (Wildman–Crippen LogP) is 0.833. The van der Waals surface area contributed by atoms with Crippen LogP contribution in [0, 0.1) is 5.92 Å². The van der Waals surface area contributed by atoms with Gasteiger partial charge in [0.1, 0.15) is 6.54 Å². The number of nitrogens with zero attached hydrogens (tertiary/aromatic N) is 2. The summed E-state index contributed by atoms with van der Waals surface area (Å²) in [6.07, 6.45) is 2.19. The predicted molar refractivity (Wildman–Crippen MR) is 73.1 cm³/mol. The first-order valence-electron chi connectivity index (χ1n) is 6.85. The van der Waals surface area contributed by atoms with Crippen molar-refractivity contribution in [3.05, 3.63) is 0 Å². The summed E-state index contributed by atoms with van der Waals surface area (Å²) in [5.74, 6) is -0.474. The van der Waals surface area contributed by atoms with Crippen LogP contribution in [0.4, 0.5) is 4.79 Å². The molecule has 110 valence electrons. The Bertz CT molecular complexity index is 316. The number of carboxylic acid groups (broad SMARTS) is 1. The molecule has 0 bridgehead atoms. The molecule has 0 aromatic rings. The molecular formula is C13H25N3O3. The lowest BCUT2D eigenvalue weighted by Crippen LogP contribution is -2.46. The summed E-state index contributed by atoms with van der Waals surface area (Å²) in [6, 6.07) is 0.157. The third-order valence-electron chi connectivity index (χ3n) is 3.41. The highest BCUT2D eigenvalue weighted by atomic mass is 16.4. The van der Waals surface area contributed by atoms with E-state index in [2.05, 4.69) is 24.1 Å². The Balaban J connectivity index is 2.31. The Labute approximate surface area is 114 Å². The largest absolute Gasteiger partial charge is 0.480 e. The Kier molecular flexibility index (Phi) is 6.08. The number of urea groups is 1. The third kappa shape index (κ3) is 6.42. The Morgan fingerprint density at radius 2 is 2.00 bits per heavy atom. The van der Waals surface area contributed by atoms with Crippen LogP contribution in [0.1, 0.15) is 26.7 Å². The second-order valence-corrected chi connectivity index (χ2v) is 5.52. The average molecular weight is 271 g/mol. The van der Waals surface area contributed by atoms with Gasteiger partial charge in [0.15, 0.2) is 0 Å². The Morgan fingerprint density at radius 3 is 2.47 bits per heavy atom. The van der Waals surface area contributed by atoms with Gasteiger partial charge in [0.25, 0.3) is 0 Å². The zero-order valence-electron chi connectivity index (χ0n) is 12.1. The number of likely N-dealkylation sites (N-methyl/N-ethyl adjacent to an activating group) is 1. The molecule has 0 heterocycles. The minimum absolute atomic E-state index is 0.220. The highest BCUT2D eigenvalue weighted by Gasteiger charge is 2.27. The van der Waals surface area contributed by atoms with E-state index in [9.17, 15) is 9.59 Å². The summed E-state index contributed by atoms with van der Waals surface area (Å²) in [7, 11) is 2.00. The van der Waals surface area contributed by atoms with Crippen LogP contribution in [0.2, 0.25) is 0 Å². The van der Waals surface area contributed by atoms with Gasteiger partial charge in [0, 0.05) is 25.7 Å². The molecule has 6 nitrogen and oxygen atoms in total. The minimum atomic E-state index is -0.963. The van der Waals surface area contributed by atoms with E-state index in [1.807, 2.05) is 7.05 Å². The van der Waals surface area contributed by atoms with Gasteiger partial charge in [-0.15, -0.1) is 0 Å². The second kappa shape index (κ2) is 7.33. The standard InChI is InChI=1S/C13H25N3O3/c1-10(2)15(3)7-6-14-13(19)16(9-12(17)18)8-11-4-5-11/h10-11H,4-9H2,1-3H3,(H,14,19)(H,17,18). The van der Waals surface area contributed by atoms with Crippen LogP contribution < -0.4 is 5.32 Å². The molecule has 6 heteroatoms. The molecule has 1 fully saturated rings. The minimum Gasteiger partial charge on any atom is -0.480 e. The monoisotopic (exact) mass is 271 g/mol. The number of carbonyl (C=O) groups excluding carboxylic acids is 1. The van der Waals surface area contributed by atoms with Gasteiger partial charge in [-0.1, -0.05) is 0 Å². The van der Waals surface area contributed by atoms with Crippen LogP contribution in [0.5, 0.6) is 0 Å². The van der Waals surface area contributed by atoms with E-state index in [0.717, 1.165) is 19.4 Å². The first kappa shape index (κ1) is 15.8. The molecule has 0 aliphatic heterocycles. The zero-order chi connectivity index (χ0) is 14.4. The zero-order valence-corrected chi connectivity index (χ0v) is 12.1. The molecule has 2 N–H and O–H groups in total. The molecule has 19 heavy (non-hydrogen) atoms. The summed E-state index contributed by atoms with van der Waals surface area (Å²) in [6.45, 7) is 5.81. The molecule has 1 saturated carbocycles. The maximum atomic E-state index is 11.9. The number of carbonyl (C=O) groups is 2. The maximum absolute atomic E-state index is 11.9. The van der Waals surface area contributed by atoms with E-state index in [0.29, 0.717) is 25.0 Å². The summed E-state index contributed by atoms with van der Waals surface area (Å²) >= 11 is 0. The fourth-order valence-corrected chi connectivity index (χ4v) is 1.70. The summed E-state index contributed by atoms with van der Waals surface area (Å²) in [5.41, 5.74) is 0. The summed E-state index contributed by atoms with van der Waals surface area (Å²) in [4.78, 5) is 26.2. The van der Waals surface area contributed by atoms with Crippen molar-refractivity contribution < 1.29 is 14.7 Å². The van der Waals surface area contributed by atoms with Crippen molar-refractivity contribution >= 4 is 12.0 Å². The lowest BCUT2D eigenvalue weighted by atomic mass is 10.3. The summed E-state index contributed by atoms with van der Waals surface area (Å²) < 4.78 is 0. The van der Waals surface area contributed by atoms with E-state index in [1.165, 1.54) is 4.90 Å². The molecule has 0 radical (unpaired) electrons. The highest BCUT2D eigenvalue weighted by molar-refractivity contribution is 5.80. The number of hydrogen-bond donors (Lipinski definition) is 2. The molecule has 0 atom stereocenters. The molecule has 2 amide bonds. The Morgan fingerprint density at radius 1 is 1.37 bits per heavy atom. The first-order chi connectivity index (χ1) is 8.90. The number of nitrogens with one attached hydrogen (secondary N) is 1. The smallest absolute Gasteiger partial charge is 0.323 e. The van der Waals surface area contributed by atoms with Crippen LogP contribution in [-0.2, 0) is 4.79 Å². The molecule has 1 aliphatic carbocycles. The molecule has 0 spiro atoms. The molecule has 0 aromatic heterocycles. The van der Waals surface area contributed by atoms with Crippen LogP contribution in [-0.4, -0.2) is 66.2 Å². The summed E-state index contributed by atoms with van der Waals surface area (Å²) in [5, 5.41) is 11.6. The van der Waals surface area contributed by atoms with Crippen LogP contribution >= 0.6 is 0 Å². The van der Waals surface area contributed by atoms with Gasteiger partial charge in [0.05, 0.1) is 0 Å². The lowest BCUT2D eigenvalue weighted by molar-refractivity contribution is -0.137. The number of carboxylic acids is 1. The van der Waals surface area contributed by atoms with Gasteiger partial charge in [-0.3, -0.25) is 4.79 Å². The molecule has 1 rings (SSSR count). The van der Waals surface area contributed by atoms with Gasteiger partial charge < -0.3 is 20.2 Å². The number of hydrogen-bond acceptors (Lipinski definition) is 3. The third-order valence-corrected chi connectivity index (χ3v) is 3.41. The number of rotatable bonds is 8. The van der Waals surface area contributed by atoms with Gasteiger partial charge in [0.2, 0.25) is 0 Å². The average Bonchev–Trinajstić information content (AvgIpc) is 3.11. The van der Waals surface area contributed by atoms with Gasteiger partial charge in [-0.25, -0.2) is 4.79 Å². The lowest BCUT2D eigenvalue weighted by Gasteiger charge is -2.24. The van der Waals surface area contributed by atoms with Crippen molar-refractivity contribution in [2.75, 3.05) is 33.2 Å². The molecule has 0 saturated heterocycles. The van der Waals surface area contributed by atoms with E-state index in [1.54, 1.807) is 0 Å². The van der Waals surface area contributed by atoms with Crippen LogP contribution in [0.15, 0.2) is 0 Å². The van der Waals surface area contributed by atoms with Crippen molar-refractivity contribution in [1.82, 2.24) is 15.1 Å². The molecule has 0 aromatic carbocycles. The van der Waals surface area contributed by atoms with Crippen molar-refractivity contribution in [2.45, 2.75) is 32.7 Å². The topological polar surface area (TPSA) is 72.9 Å². The molecular weight excluding hydrogens is 246 g/mol. The Hall–Kier alpha value is -1.30. The highest BCUT2D eigenvalue weighted by Crippen LogP contribution is 2.29. The van der Waals surface area contributed by atoms with E-state index < -0.39 is 5.97 Å². The van der Waals surface area contributed by atoms with Crippen molar-refractivity contribution in [3.63, 3.8) is 0 Å². The van der Waals surface area contributed by atoms with E-state index in [4.69, 9.17) is 5.11 Å². The second-order valence-electron chi connectivity index (χ2n) is 5.52. The maximum Gasteiger partial charge on any atom is 0.323 e. The fraction of sp³-hybridized carbons (Fsp3) is 0.846. The SMILES string of the molecule is CC(C)N(C)CCNC(=O)N(CC(=O)O)CC1CC1. The van der Waals surface area contributed by atoms with Crippen LogP contribution in [0.3, 0.4) is 0 Å². The first-order valence-corrected chi connectivity index (χ1v) is 6.85. The number of amides is 2. The van der Waals surface area contributed by atoms with Crippen LogP contribution in [0.25, 0.3) is 0 Å².